The van der Waals surface area contributed by atoms with Crippen molar-refractivity contribution in [2.75, 3.05) is 34.2 Å². The molecule has 0 spiro atoms. The van der Waals surface area contributed by atoms with Crippen LogP contribution in [0.4, 0.5) is 4.79 Å². The molecule has 2 amide bonds. The third kappa shape index (κ3) is 2.30. The first-order valence-corrected chi connectivity index (χ1v) is 8.18. The molecule has 0 N–H and O–H groups in total. The Labute approximate surface area is 133 Å². The maximum atomic E-state index is 12.3. The lowest BCUT2D eigenvalue weighted by molar-refractivity contribution is 0.142. The number of amides is 2. The molecule has 120 valence electrons. The molecule has 0 unspecified atom stereocenters. The van der Waals surface area contributed by atoms with Gasteiger partial charge in [-0.15, -0.1) is 0 Å². The molecule has 0 saturated carbocycles. The highest BCUT2D eigenvalue weighted by Crippen LogP contribution is 2.51. The molecule has 1 heterocycles. The third-order valence-corrected chi connectivity index (χ3v) is 5.39. The van der Waals surface area contributed by atoms with Gasteiger partial charge in [0, 0.05) is 51.1 Å². The van der Waals surface area contributed by atoms with Crippen LogP contribution in [0.25, 0.3) is 0 Å². The topological polar surface area (TPSA) is 26.8 Å². The molecular formula is C18H27N3O. The average Bonchev–Trinajstić information content (AvgIpc) is 3.02. The summed E-state index contributed by atoms with van der Waals surface area (Å²) >= 11 is 0. The molecular weight excluding hydrogens is 274 g/mol. The second-order valence-corrected chi connectivity index (χ2v) is 7.19. The van der Waals surface area contributed by atoms with Crippen molar-refractivity contribution in [2.24, 2.45) is 5.92 Å². The van der Waals surface area contributed by atoms with E-state index in [4.69, 9.17) is 0 Å². The quantitative estimate of drug-likeness (QED) is 0.840. The molecule has 1 saturated heterocycles. The Balaban J connectivity index is 1.94. The fourth-order valence-electron chi connectivity index (χ4n) is 4.11. The molecule has 1 aromatic rings. The van der Waals surface area contributed by atoms with Gasteiger partial charge in [0.1, 0.15) is 0 Å². The minimum absolute atomic E-state index is 0.137. The van der Waals surface area contributed by atoms with Crippen molar-refractivity contribution in [3.05, 3.63) is 35.4 Å². The lowest BCUT2D eigenvalue weighted by Crippen LogP contribution is -2.40. The molecule has 0 aromatic heterocycles. The summed E-state index contributed by atoms with van der Waals surface area (Å²) in [6, 6.07) is 9.85. The van der Waals surface area contributed by atoms with Crippen molar-refractivity contribution in [1.29, 1.82) is 0 Å². The number of urea groups is 1. The summed E-state index contributed by atoms with van der Waals surface area (Å²) in [7, 11) is 5.88. The molecule has 22 heavy (non-hydrogen) atoms. The van der Waals surface area contributed by atoms with Gasteiger partial charge in [0.2, 0.25) is 0 Å². The summed E-state index contributed by atoms with van der Waals surface area (Å²) in [5.74, 6) is 0.986. The summed E-state index contributed by atoms with van der Waals surface area (Å²) < 4.78 is 0. The zero-order chi connectivity index (χ0) is 16.0. The number of benzene rings is 1. The van der Waals surface area contributed by atoms with Gasteiger partial charge in [-0.25, -0.2) is 4.79 Å². The molecule has 2 aliphatic rings. The van der Waals surface area contributed by atoms with E-state index in [-0.39, 0.29) is 6.03 Å². The van der Waals surface area contributed by atoms with E-state index in [9.17, 15) is 4.79 Å². The smallest absolute Gasteiger partial charge is 0.319 e. The Bertz CT molecular complexity index is 569. The van der Waals surface area contributed by atoms with Crippen molar-refractivity contribution < 1.29 is 4.79 Å². The summed E-state index contributed by atoms with van der Waals surface area (Å²) in [5, 5.41) is 0. The Morgan fingerprint density at radius 3 is 2.36 bits per heavy atom. The molecule has 0 radical (unpaired) electrons. The van der Waals surface area contributed by atoms with E-state index in [0.29, 0.717) is 23.9 Å². The van der Waals surface area contributed by atoms with Gasteiger partial charge >= 0.3 is 6.03 Å². The predicted octanol–water partition coefficient (Wildman–Crippen LogP) is 2.78. The van der Waals surface area contributed by atoms with Crippen molar-refractivity contribution in [2.45, 2.75) is 31.8 Å². The van der Waals surface area contributed by atoms with Gasteiger partial charge in [0.05, 0.1) is 0 Å². The second kappa shape index (κ2) is 5.58. The highest BCUT2D eigenvalue weighted by Gasteiger charge is 2.49. The van der Waals surface area contributed by atoms with Gasteiger partial charge in [-0.2, -0.15) is 0 Å². The van der Waals surface area contributed by atoms with Crippen LogP contribution in [-0.2, 0) is 0 Å². The van der Waals surface area contributed by atoms with E-state index in [2.05, 4.69) is 50.1 Å². The van der Waals surface area contributed by atoms with Crippen LogP contribution < -0.4 is 0 Å². The first kappa shape index (κ1) is 15.3. The standard InChI is InChI=1S/C18H27N3O/c1-12(2)20(5)17-14-9-7-6-8-13(14)15-10-21(11-16(15)17)18(22)19(3)4/h6-9,12,15-17H,10-11H2,1-5H3/t15-,16-,17-/m1/s1. The normalized spacial score (nSPS) is 26.5. The van der Waals surface area contributed by atoms with Crippen molar-refractivity contribution in [3.8, 4) is 0 Å². The SMILES string of the molecule is CC(C)N(C)[C@@H]1c2ccccc2[C@H]2CN(C(=O)N(C)C)C[C@H]21. The molecule has 3 atom stereocenters. The maximum Gasteiger partial charge on any atom is 0.319 e. The maximum absolute atomic E-state index is 12.3. The monoisotopic (exact) mass is 301 g/mol. The number of likely N-dealkylation sites (tertiary alicyclic amines) is 1. The van der Waals surface area contributed by atoms with Gasteiger partial charge < -0.3 is 9.80 Å². The first-order valence-electron chi connectivity index (χ1n) is 8.18. The number of fused-ring (bicyclic) bond motifs is 3. The zero-order valence-corrected chi connectivity index (χ0v) is 14.3. The fraction of sp³-hybridized carbons (Fsp3) is 0.611. The Kier molecular flexibility index (Phi) is 3.89. The van der Waals surface area contributed by atoms with E-state index in [1.54, 1.807) is 4.90 Å². The average molecular weight is 301 g/mol. The number of carbonyl (C=O) groups is 1. The minimum atomic E-state index is 0.137. The predicted molar refractivity (Wildman–Crippen MR) is 89.0 cm³/mol. The highest BCUT2D eigenvalue weighted by atomic mass is 16.2. The van der Waals surface area contributed by atoms with Crippen molar-refractivity contribution >= 4 is 6.03 Å². The number of rotatable bonds is 2. The van der Waals surface area contributed by atoms with E-state index < -0.39 is 0 Å². The molecule has 1 fully saturated rings. The Morgan fingerprint density at radius 1 is 1.14 bits per heavy atom. The largest absolute Gasteiger partial charge is 0.331 e. The lowest BCUT2D eigenvalue weighted by Gasteiger charge is -2.33. The molecule has 0 bridgehead atoms. The Morgan fingerprint density at radius 2 is 1.77 bits per heavy atom. The van der Waals surface area contributed by atoms with Crippen LogP contribution in [-0.4, -0.2) is 61.0 Å². The summed E-state index contributed by atoms with van der Waals surface area (Å²) in [6.07, 6.45) is 0. The number of nitrogens with zero attached hydrogens (tertiary/aromatic N) is 3. The molecule has 1 aliphatic carbocycles. The summed E-state index contributed by atoms with van der Waals surface area (Å²) in [5.41, 5.74) is 2.91. The van der Waals surface area contributed by atoms with Crippen LogP contribution in [0, 0.1) is 5.92 Å². The van der Waals surface area contributed by atoms with Gasteiger partial charge in [-0.3, -0.25) is 4.90 Å². The van der Waals surface area contributed by atoms with E-state index in [1.807, 2.05) is 19.0 Å². The summed E-state index contributed by atoms with van der Waals surface area (Å²) in [6.45, 7) is 6.19. The van der Waals surface area contributed by atoms with Crippen LogP contribution in [0.15, 0.2) is 24.3 Å². The second-order valence-electron chi connectivity index (χ2n) is 7.19. The van der Waals surface area contributed by atoms with Crippen LogP contribution in [0.2, 0.25) is 0 Å². The van der Waals surface area contributed by atoms with E-state index in [1.165, 1.54) is 11.1 Å². The first-order chi connectivity index (χ1) is 10.4. The fourth-order valence-corrected chi connectivity index (χ4v) is 4.11. The van der Waals surface area contributed by atoms with Crippen molar-refractivity contribution in [1.82, 2.24) is 14.7 Å². The number of hydrogen-bond donors (Lipinski definition) is 0. The lowest BCUT2D eigenvalue weighted by atomic mass is 9.93. The highest BCUT2D eigenvalue weighted by molar-refractivity contribution is 5.74. The van der Waals surface area contributed by atoms with Crippen LogP contribution in [0.1, 0.15) is 36.9 Å². The Hall–Kier alpha value is -1.55. The van der Waals surface area contributed by atoms with Crippen LogP contribution >= 0.6 is 0 Å². The van der Waals surface area contributed by atoms with Gasteiger partial charge in [0.25, 0.3) is 0 Å². The zero-order valence-electron chi connectivity index (χ0n) is 14.3. The molecule has 1 aliphatic heterocycles. The summed E-state index contributed by atoms with van der Waals surface area (Å²) in [4.78, 5) is 18.5. The van der Waals surface area contributed by atoms with Crippen LogP contribution in [0.3, 0.4) is 0 Å². The van der Waals surface area contributed by atoms with Gasteiger partial charge in [-0.1, -0.05) is 24.3 Å². The molecule has 4 nitrogen and oxygen atoms in total. The van der Waals surface area contributed by atoms with Gasteiger partial charge in [0.15, 0.2) is 0 Å². The molecule has 3 rings (SSSR count). The van der Waals surface area contributed by atoms with Crippen LogP contribution in [0.5, 0.6) is 0 Å². The molecule has 1 aromatic carbocycles. The van der Waals surface area contributed by atoms with Gasteiger partial charge in [-0.05, 0) is 32.0 Å². The number of carbonyl (C=O) groups excluding carboxylic acids is 1. The molecule has 4 heteroatoms. The van der Waals surface area contributed by atoms with E-state index >= 15 is 0 Å². The minimum Gasteiger partial charge on any atom is -0.331 e. The van der Waals surface area contributed by atoms with Crippen molar-refractivity contribution in [3.63, 3.8) is 0 Å². The van der Waals surface area contributed by atoms with E-state index in [0.717, 1.165) is 13.1 Å². The third-order valence-electron chi connectivity index (χ3n) is 5.39. The number of hydrogen-bond acceptors (Lipinski definition) is 2.